The number of pyridine rings is 1. The maximum atomic E-state index is 4.41. The van der Waals surface area contributed by atoms with Crippen molar-refractivity contribution in [3.05, 3.63) is 30.1 Å². The maximum Gasteiger partial charge on any atom is 0.0572 e. The van der Waals surface area contributed by atoms with Crippen molar-refractivity contribution in [1.29, 1.82) is 0 Å². The second kappa shape index (κ2) is 5.41. The third-order valence-corrected chi connectivity index (χ3v) is 3.45. The van der Waals surface area contributed by atoms with Crippen molar-refractivity contribution in [2.24, 2.45) is 0 Å². The van der Waals surface area contributed by atoms with Crippen LogP contribution in [0.1, 0.15) is 31.5 Å². The first-order chi connectivity index (χ1) is 7.77. The first-order valence-corrected chi connectivity index (χ1v) is 6.12. The van der Waals surface area contributed by atoms with Crippen LogP contribution in [0.15, 0.2) is 24.4 Å². The van der Waals surface area contributed by atoms with Crippen molar-refractivity contribution in [2.45, 2.75) is 31.8 Å². The molecule has 0 bridgehead atoms. The molecule has 1 saturated heterocycles. The standard InChI is InChI=1S/C13H21N3/c1-11(13-7-3-4-8-15-13)16(2)10-12-6-5-9-14-12/h3-4,7-8,11-12,14H,5-6,9-10H2,1-2H3/t11-,12-/m1/s1. The van der Waals surface area contributed by atoms with Crippen molar-refractivity contribution in [3.63, 3.8) is 0 Å². The van der Waals surface area contributed by atoms with Crippen LogP contribution in [0.3, 0.4) is 0 Å². The van der Waals surface area contributed by atoms with E-state index in [1.807, 2.05) is 12.3 Å². The van der Waals surface area contributed by atoms with E-state index >= 15 is 0 Å². The van der Waals surface area contributed by atoms with Gasteiger partial charge in [-0.3, -0.25) is 9.88 Å². The largest absolute Gasteiger partial charge is 0.313 e. The van der Waals surface area contributed by atoms with Crippen LogP contribution in [0, 0.1) is 0 Å². The second-order valence-corrected chi connectivity index (χ2v) is 4.66. The molecule has 1 aliphatic heterocycles. The molecule has 2 rings (SSSR count). The van der Waals surface area contributed by atoms with Crippen LogP contribution in [0.25, 0.3) is 0 Å². The highest BCUT2D eigenvalue weighted by Crippen LogP contribution is 2.17. The van der Waals surface area contributed by atoms with Crippen LogP contribution < -0.4 is 5.32 Å². The van der Waals surface area contributed by atoms with Crippen LogP contribution in [-0.2, 0) is 0 Å². The molecule has 2 atom stereocenters. The lowest BCUT2D eigenvalue weighted by atomic mass is 10.1. The van der Waals surface area contributed by atoms with E-state index in [1.165, 1.54) is 19.4 Å². The summed E-state index contributed by atoms with van der Waals surface area (Å²) in [6, 6.07) is 7.18. The minimum atomic E-state index is 0.392. The number of aromatic nitrogens is 1. The van der Waals surface area contributed by atoms with Gasteiger partial charge >= 0.3 is 0 Å². The third-order valence-electron chi connectivity index (χ3n) is 3.45. The Kier molecular flexibility index (Phi) is 3.91. The van der Waals surface area contributed by atoms with Gasteiger partial charge < -0.3 is 5.32 Å². The lowest BCUT2D eigenvalue weighted by Gasteiger charge is -2.27. The minimum Gasteiger partial charge on any atom is -0.313 e. The van der Waals surface area contributed by atoms with E-state index < -0.39 is 0 Å². The van der Waals surface area contributed by atoms with Crippen molar-refractivity contribution in [3.8, 4) is 0 Å². The first kappa shape index (κ1) is 11.6. The number of hydrogen-bond acceptors (Lipinski definition) is 3. The third kappa shape index (κ3) is 2.80. The van der Waals surface area contributed by atoms with E-state index in [0.717, 1.165) is 12.2 Å². The molecule has 1 N–H and O–H groups in total. The summed E-state index contributed by atoms with van der Waals surface area (Å²) in [7, 11) is 2.18. The fourth-order valence-electron chi connectivity index (χ4n) is 2.27. The van der Waals surface area contributed by atoms with E-state index in [9.17, 15) is 0 Å². The van der Waals surface area contributed by atoms with Gasteiger partial charge in [0.2, 0.25) is 0 Å². The van der Waals surface area contributed by atoms with E-state index in [0.29, 0.717) is 12.1 Å². The van der Waals surface area contributed by atoms with E-state index in [2.05, 4.69) is 41.3 Å². The zero-order valence-electron chi connectivity index (χ0n) is 10.2. The molecule has 1 aliphatic rings. The fourth-order valence-corrected chi connectivity index (χ4v) is 2.27. The minimum absolute atomic E-state index is 0.392. The molecule has 1 aromatic rings. The van der Waals surface area contributed by atoms with Crippen LogP contribution in [0.2, 0.25) is 0 Å². The fraction of sp³-hybridized carbons (Fsp3) is 0.615. The predicted molar refractivity (Wildman–Crippen MR) is 66.3 cm³/mol. The summed E-state index contributed by atoms with van der Waals surface area (Å²) in [5.41, 5.74) is 1.16. The zero-order chi connectivity index (χ0) is 11.4. The average Bonchev–Trinajstić information content (AvgIpc) is 2.82. The molecule has 0 aromatic carbocycles. The zero-order valence-corrected chi connectivity index (χ0v) is 10.2. The molecule has 0 unspecified atom stereocenters. The molecule has 0 amide bonds. The molecule has 88 valence electrons. The van der Waals surface area contributed by atoms with Gasteiger partial charge in [-0.05, 0) is 45.5 Å². The molecule has 3 nitrogen and oxygen atoms in total. The van der Waals surface area contributed by atoms with Crippen LogP contribution in [-0.4, -0.2) is 36.1 Å². The molecule has 0 saturated carbocycles. The summed E-state index contributed by atoms with van der Waals surface area (Å²) in [6.07, 6.45) is 4.49. The van der Waals surface area contributed by atoms with E-state index in [-0.39, 0.29) is 0 Å². The number of nitrogens with one attached hydrogen (secondary N) is 1. The summed E-state index contributed by atoms with van der Waals surface area (Å²) in [6.45, 7) is 4.51. The van der Waals surface area contributed by atoms with E-state index in [4.69, 9.17) is 0 Å². The van der Waals surface area contributed by atoms with Crippen molar-refractivity contribution < 1.29 is 0 Å². The van der Waals surface area contributed by atoms with E-state index in [1.54, 1.807) is 0 Å². The van der Waals surface area contributed by atoms with Crippen molar-refractivity contribution in [1.82, 2.24) is 15.2 Å². The Morgan fingerprint density at radius 1 is 1.56 bits per heavy atom. The molecule has 1 fully saturated rings. The van der Waals surface area contributed by atoms with Crippen molar-refractivity contribution >= 4 is 0 Å². The monoisotopic (exact) mass is 219 g/mol. The number of nitrogens with zero attached hydrogens (tertiary/aromatic N) is 2. The SMILES string of the molecule is C[C@H](c1ccccn1)N(C)C[C@H]1CCCN1. The van der Waals surface area contributed by atoms with Gasteiger partial charge in [-0.1, -0.05) is 6.07 Å². The predicted octanol–water partition coefficient (Wildman–Crippen LogP) is 1.83. The molecule has 3 heteroatoms. The van der Waals surface area contributed by atoms with Crippen LogP contribution in [0.5, 0.6) is 0 Å². The van der Waals surface area contributed by atoms with Gasteiger partial charge in [-0.2, -0.15) is 0 Å². The topological polar surface area (TPSA) is 28.2 Å². The van der Waals surface area contributed by atoms with Gasteiger partial charge in [-0.15, -0.1) is 0 Å². The maximum absolute atomic E-state index is 4.41. The Morgan fingerprint density at radius 3 is 3.06 bits per heavy atom. The summed E-state index contributed by atoms with van der Waals surface area (Å²) in [4.78, 5) is 6.79. The normalized spacial score (nSPS) is 22.6. The summed E-state index contributed by atoms with van der Waals surface area (Å²) >= 11 is 0. The highest BCUT2D eigenvalue weighted by molar-refractivity contribution is 5.07. The second-order valence-electron chi connectivity index (χ2n) is 4.66. The van der Waals surface area contributed by atoms with Crippen molar-refractivity contribution in [2.75, 3.05) is 20.1 Å². The average molecular weight is 219 g/mol. The highest BCUT2D eigenvalue weighted by Gasteiger charge is 2.19. The molecule has 1 aromatic heterocycles. The quantitative estimate of drug-likeness (QED) is 0.837. The lowest BCUT2D eigenvalue weighted by Crippen LogP contribution is -2.36. The Morgan fingerprint density at radius 2 is 2.44 bits per heavy atom. The van der Waals surface area contributed by atoms with Gasteiger partial charge in [-0.25, -0.2) is 0 Å². The lowest BCUT2D eigenvalue weighted by molar-refractivity contribution is 0.234. The van der Waals surface area contributed by atoms with Gasteiger partial charge in [0.25, 0.3) is 0 Å². The Labute approximate surface area is 97.9 Å². The van der Waals surface area contributed by atoms with Gasteiger partial charge in [0.05, 0.1) is 5.69 Å². The molecule has 2 heterocycles. The molecular weight excluding hydrogens is 198 g/mol. The smallest absolute Gasteiger partial charge is 0.0572 e. The highest BCUT2D eigenvalue weighted by atomic mass is 15.2. The Balaban J connectivity index is 1.91. The number of likely N-dealkylation sites (N-methyl/N-ethyl adjacent to an activating group) is 1. The Bertz CT molecular complexity index is 306. The Hall–Kier alpha value is -0.930. The molecule has 0 radical (unpaired) electrons. The van der Waals surface area contributed by atoms with Gasteiger partial charge in [0.15, 0.2) is 0 Å². The summed E-state index contributed by atoms with van der Waals surface area (Å²) < 4.78 is 0. The van der Waals surface area contributed by atoms with Gasteiger partial charge in [0, 0.05) is 24.8 Å². The first-order valence-electron chi connectivity index (χ1n) is 6.12. The molecular formula is C13H21N3. The molecule has 0 aliphatic carbocycles. The van der Waals surface area contributed by atoms with Gasteiger partial charge in [0.1, 0.15) is 0 Å². The summed E-state index contributed by atoms with van der Waals surface area (Å²) in [5, 5.41) is 3.53. The molecule has 16 heavy (non-hydrogen) atoms. The number of rotatable bonds is 4. The molecule has 0 spiro atoms. The summed E-state index contributed by atoms with van der Waals surface area (Å²) in [5.74, 6) is 0. The number of hydrogen-bond donors (Lipinski definition) is 1. The van der Waals surface area contributed by atoms with Crippen LogP contribution >= 0.6 is 0 Å². The van der Waals surface area contributed by atoms with Crippen LogP contribution in [0.4, 0.5) is 0 Å².